The van der Waals surface area contributed by atoms with Gasteiger partial charge in [0.05, 0.1) is 0 Å². The number of anilines is 1. The fourth-order valence-corrected chi connectivity index (χ4v) is 2.45. The van der Waals surface area contributed by atoms with Crippen LogP contribution in [0.1, 0.15) is 11.1 Å². The van der Waals surface area contributed by atoms with Crippen LogP contribution in [0.25, 0.3) is 0 Å². The number of nitrogen functional groups attached to an aromatic ring is 1. The van der Waals surface area contributed by atoms with Crippen LogP contribution >= 0.6 is 23.2 Å². The first-order valence-corrected chi connectivity index (χ1v) is 6.70. The number of benzene rings is 1. The third kappa shape index (κ3) is 4.10. The maximum atomic E-state index is 6.14. The molecule has 0 aliphatic carbocycles. The summed E-state index contributed by atoms with van der Waals surface area (Å²) in [5, 5.41) is 1.28. The summed E-state index contributed by atoms with van der Waals surface area (Å²) in [5.41, 5.74) is 13.9. The lowest BCUT2D eigenvalue weighted by Crippen LogP contribution is -2.25. The van der Waals surface area contributed by atoms with E-state index in [0.717, 1.165) is 17.5 Å². The SMILES string of the molecule is Nc1cc(CC(N)Cc2ccc(Cl)cc2Cl)ccn1. The summed E-state index contributed by atoms with van der Waals surface area (Å²) in [6.07, 6.45) is 3.11. The molecule has 2 aromatic rings. The van der Waals surface area contributed by atoms with Crippen LogP contribution in [0.3, 0.4) is 0 Å². The van der Waals surface area contributed by atoms with E-state index in [-0.39, 0.29) is 6.04 Å². The molecule has 5 heteroatoms. The van der Waals surface area contributed by atoms with Gasteiger partial charge in [-0.25, -0.2) is 4.98 Å². The summed E-state index contributed by atoms with van der Waals surface area (Å²) in [7, 11) is 0. The summed E-state index contributed by atoms with van der Waals surface area (Å²) < 4.78 is 0. The van der Waals surface area contributed by atoms with Gasteiger partial charge in [-0.1, -0.05) is 29.3 Å². The molecular weight excluding hydrogens is 281 g/mol. The zero-order valence-corrected chi connectivity index (χ0v) is 11.8. The Kier molecular flexibility index (Phi) is 4.64. The first kappa shape index (κ1) is 14.1. The molecule has 0 spiro atoms. The van der Waals surface area contributed by atoms with Crippen molar-refractivity contribution in [2.24, 2.45) is 5.73 Å². The number of nitrogens with two attached hydrogens (primary N) is 2. The van der Waals surface area contributed by atoms with Crippen molar-refractivity contribution < 1.29 is 0 Å². The topological polar surface area (TPSA) is 64.9 Å². The van der Waals surface area contributed by atoms with Gasteiger partial charge >= 0.3 is 0 Å². The van der Waals surface area contributed by atoms with Crippen LogP contribution in [0.2, 0.25) is 10.0 Å². The number of aromatic nitrogens is 1. The first-order chi connectivity index (χ1) is 9.04. The lowest BCUT2D eigenvalue weighted by molar-refractivity contribution is 0.664. The molecule has 0 aliphatic rings. The number of halogens is 2. The van der Waals surface area contributed by atoms with E-state index in [1.807, 2.05) is 24.3 Å². The summed E-state index contributed by atoms with van der Waals surface area (Å²) in [5.74, 6) is 0.509. The van der Waals surface area contributed by atoms with Crippen LogP contribution in [0.5, 0.6) is 0 Å². The fourth-order valence-electron chi connectivity index (χ4n) is 1.97. The molecule has 1 unspecified atom stereocenters. The highest BCUT2D eigenvalue weighted by atomic mass is 35.5. The van der Waals surface area contributed by atoms with Crippen LogP contribution in [-0.2, 0) is 12.8 Å². The number of pyridine rings is 1. The molecule has 1 aromatic heterocycles. The monoisotopic (exact) mass is 295 g/mol. The minimum absolute atomic E-state index is 0.0273. The molecule has 0 aliphatic heterocycles. The van der Waals surface area contributed by atoms with E-state index in [1.54, 1.807) is 12.3 Å². The maximum absolute atomic E-state index is 6.14. The minimum Gasteiger partial charge on any atom is -0.384 e. The predicted octanol–water partition coefficient (Wildman–Crippen LogP) is 3.08. The molecule has 3 nitrogen and oxygen atoms in total. The van der Waals surface area contributed by atoms with E-state index in [9.17, 15) is 0 Å². The molecule has 0 saturated heterocycles. The molecule has 4 N–H and O–H groups in total. The summed E-state index contributed by atoms with van der Waals surface area (Å²) in [4.78, 5) is 3.96. The van der Waals surface area contributed by atoms with Gasteiger partial charge in [-0.05, 0) is 48.2 Å². The van der Waals surface area contributed by atoms with Crippen LogP contribution in [-0.4, -0.2) is 11.0 Å². The van der Waals surface area contributed by atoms with Crippen molar-refractivity contribution in [3.8, 4) is 0 Å². The van der Waals surface area contributed by atoms with Gasteiger partial charge in [-0.3, -0.25) is 0 Å². The second-order valence-electron chi connectivity index (χ2n) is 4.49. The summed E-state index contributed by atoms with van der Waals surface area (Å²) in [6, 6.07) is 9.18. The smallest absolute Gasteiger partial charge is 0.123 e. The van der Waals surface area contributed by atoms with Crippen LogP contribution in [0.4, 0.5) is 5.82 Å². The molecule has 0 saturated carbocycles. The van der Waals surface area contributed by atoms with Crippen molar-refractivity contribution >= 4 is 29.0 Å². The van der Waals surface area contributed by atoms with Crippen LogP contribution in [0, 0.1) is 0 Å². The third-order valence-corrected chi connectivity index (χ3v) is 3.43. The van der Waals surface area contributed by atoms with Crippen molar-refractivity contribution in [2.45, 2.75) is 18.9 Å². The summed E-state index contributed by atoms with van der Waals surface area (Å²) >= 11 is 12.0. The number of nitrogens with zero attached hydrogens (tertiary/aromatic N) is 1. The zero-order chi connectivity index (χ0) is 13.8. The Hall–Kier alpha value is -1.29. The first-order valence-electron chi connectivity index (χ1n) is 5.94. The molecule has 0 fully saturated rings. The minimum atomic E-state index is -0.0273. The normalized spacial score (nSPS) is 12.4. The average Bonchev–Trinajstić information content (AvgIpc) is 2.33. The Labute approximate surface area is 122 Å². The number of rotatable bonds is 4. The predicted molar refractivity (Wildman–Crippen MR) is 80.5 cm³/mol. The maximum Gasteiger partial charge on any atom is 0.123 e. The quantitative estimate of drug-likeness (QED) is 0.911. The third-order valence-electron chi connectivity index (χ3n) is 2.84. The lowest BCUT2D eigenvalue weighted by atomic mass is 10.0. The van der Waals surface area contributed by atoms with Gasteiger partial charge in [0.1, 0.15) is 5.82 Å². The highest BCUT2D eigenvalue weighted by Gasteiger charge is 2.09. The molecule has 0 bridgehead atoms. The van der Waals surface area contributed by atoms with Crippen molar-refractivity contribution in [2.75, 3.05) is 5.73 Å². The van der Waals surface area contributed by atoms with Gasteiger partial charge in [0.2, 0.25) is 0 Å². The molecule has 1 aromatic carbocycles. The van der Waals surface area contributed by atoms with E-state index in [0.29, 0.717) is 22.3 Å². The molecule has 19 heavy (non-hydrogen) atoms. The van der Waals surface area contributed by atoms with Crippen molar-refractivity contribution in [1.29, 1.82) is 0 Å². The Balaban J connectivity index is 2.03. The van der Waals surface area contributed by atoms with E-state index in [1.165, 1.54) is 0 Å². The largest absolute Gasteiger partial charge is 0.384 e. The van der Waals surface area contributed by atoms with Gasteiger partial charge in [-0.15, -0.1) is 0 Å². The Morgan fingerprint density at radius 2 is 1.89 bits per heavy atom. The molecule has 100 valence electrons. The van der Waals surface area contributed by atoms with Gasteiger partial charge < -0.3 is 11.5 Å². The van der Waals surface area contributed by atoms with Crippen molar-refractivity contribution in [3.63, 3.8) is 0 Å². The van der Waals surface area contributed by atoms with Crippen molar-refractivity contribution in [3.05, 3.63) is 57.7 Å². The molecule has 0 amide bonds. The Bertz CT molecular complexity index is 572. The highest BCUT2D eigenvalue weighted by molar-refractivity contribution is 6.35. The van der Waals surface area contributed by atoms with E-state index >= 15 is 0 Å². The highest BCUT2D eigenvalue weighted by Crippen LogP contribution is 2.22. The summed E-state index contributed by atoms with van der Waals surface area (Å²) in [6.45, 7) is 0. The molecular formula is C14H15Cl2N3. The van der Waals surface area contributed by atoms with E-state index < -0.39 is 0 Å². The average molecular weight is 296 g/mol. The van der Waals surface area contributed by atoms with Gasteiger partial charge in [0.25, 0.3) is 0 Å². The van der Waals surface area contributed by atoms with Crippen molar-refractivity contribution in [1.82, 2.24) is 4.98 Å². The van der Waals surface area contributed by atoms with Crippen LogP contribution in [0.15, 0.2) is 36.5 Å². The standard InChI is InChI=1S/C14H15Cl2N3/c15-11-2-1-10(13(16)8-11)7-12(17)5-9-3-4-19-14(18)6-9/h1-4,6,8,12H,5,7,17H2,(H2,18,19). The van der Waals surface area contributed by atoms with E-state index in [2.05, 4.69) is 4.98 Å². The van der Waals surface area contributed by atoms with Gasteiger partial charge in [0.15, 0.2) is 0 Å². The molecule has 1 atom stereocenters. The molecule has 1 heterocycles. The molecule has 2 rings (SSSR count). The number of hydrogen-bond acceptors (Lipinski definition) is 3. The van der Waals surface area contributed by atoms with Crippen LogP contribution < -0.4 is 11.5 Å². The second kappa shape index (κ2) is 6.24. The second-order valence-corrected chi connectivity index (χ2v) is 5.34. The fraction of sp³-hybridized carbons (Fsp3) is 0.214. The number of hydrogen-bond donors (Lipinski definition) is 2. The van der Waals surface area contributed by atoms with E-state index in [4.69, 9.17) is 34.7 Å². The Morgan fingerprint density at radius 3 is 2.58 bits per heavy atom. The Morgan fingerprint density at radius 1 is 1.11 bits per heavy atom. The zero-order valence-electron chi connectivity index (χ0n) is 10.3. The lowest BCUT2D eigenvalue weighted by Gasteiger charge is -2.13. The molecule has 0 radical (unpaired) electrons. The van der Waals surface area contributed by atoms with Gasteiger partial charge in [-0.2, -0.15) is 0 Å². The van der Waals surface area contributed by atoms with Gasteiger partial charge in [0, 0.05) is 22.3 Å².